The lowest BCUT2D eigenvalue weighted by Gasteiger charge is -2.42. The van der Waals surface area contributed by atoms with Gasteiger partial charge >= 0.3 is 0 Å². The lowest BCUT2D eigenvalue weighted by molar-refractivity contribution is -0.385. The summed E-state index contributed by atoms with van der Waals surface area (Å²) in [4.78, 5) is 25.1. The number of nitro groups is 1. The molecule has 1 saturated heterocycles. The van der Waals surface area contributed by atoms with Crippen molar-refractivity contribution in [2.45, 2.75) is 33.2 Å². The Hall–Kier alpha value is -1.66. The van der Waals surface area contributed by atoms with Gasteiger partial charge in [-0.1, -0.05) is 26.0 Å². The first-order valence-corrected chi connectivity index (χ1v) is 7.03. The van der Waals surface area contributed by atoms with E-state index in [2.05, 4.69) is 0 Å². The summed E-state index contributed by atoms with van der Waals surface area (Å²) in [6.45, 7) is 6.81. The number of carbonyl (C=O) groups excluding carboxylic acids is 1. The highest BCUT2D eigenvalue weighted by Gasteiger charge is 2.37. The molecule has 1 aromatic rings. The van der Waals surface area contributed by atoms with Crippen molar-refractivity contribution in [2.24, 2.45) is 11.1 Å². The van der Waals surface area contributed by atoms with Gasteiger partial charge in [0.1, 0.15) is 5.56 Å². The van der Waals surface area contributed by atoms with Gasteiger partial charge < -0.3 is 10.6 Å². The van der Waals surface area contributed by atoms with Crippen LogP contribution in [0.4, 0.5) is 5.69 Å². The molecular weight excluding hydrogens is 306 g/mol. The van der Waals surface area contributed by atoms with Crippen LogP contribution < -0.4 is 5.73 Å². The molecule has 22 heavy (non-hydrogen) atoms. The fourth-order valence-electron chi connectivity index (χ4n) is 2.79. The number of hydrogen-bond acceptors (Lipinski definition) is 4. The predicted molar refractivity (Wildman–Crippen MR) is 87.4 cm³/mol. The van der Waals surface area contributed by atoms with Gasteiger partial charge in [-0.3, -0.25) is 14.9 Å². The molecule has 0 aromatic heterocycles. The highest BCUT2D eigenvalue weighted by atomic mass is 35.5. The Morgan fingerprint density at radius 3 is 2.64 bits per heavy atom. The fourth-order valence-corrected chi connectivity index (χ4v) is 2.79. The fraction of sp³-hybridized carbons (Fsp3) is 0.533. The second kappa shape index (κ2) is 6.62. The van der Waals surface area contributed by atoms with Crippen LogP contribution in [0.2, 0.25) is 0 Å². The molecule has 1 fully saturated rings. The van der Waals surface area contributed by atoms with Crippen molar-refractivity contribution in [3.63, 3.8) is 0 Å². The van der Waals surface area contributed by atoms with Gasteiger partial charge in [-0.2, -0.15) is 0 Å². The van der Waals surface area contributed by atoms with E-state index in [0.717, 1.165) is 0 Å². The summed E-state index contributed by atoms with van der Waals surface area (Å²) in [5.74, 6) is -0.278. The molecule has 0 bridgehead atoms. The van der Waals surface area contributed by atoms with Crippen LogP contribution in [0, 0.1) is 22.5 Å². The van der Waals surface area contributed by atoms with Crippen LogP contribution in [0.15, 0.2) is 18.2 Å². The zero-order valence-electron chi connectivity index (χ0n) is 13.0. The van der Waals surface area contributed by atoms with E-state index in [1.54, 1.807) is 24.0 Å². The Kier molecular flexibility index (Phi) is 5.54. The van der Waals surface area contributed by atoms with Crippen LogP contribution in [0.3, 0.4) is 0 Å². The van der Waals surface area contributed by atoms with Crippen LogP contribution in [0.25, 0.3) is 0 Å². The van der Waals surface area contributed by atoms with Crippen LogP contribution in [-0.2, 0) is 0 Å². The molecule has 1 atom stereocenters. The molecule has 1 aliphatic rings. The summed E-state index contributed by atoms with van der Waals surface area (Å²) in [7, 11) is 0. The Labute approximate surface area is 136 Å². The molecule has 122 valence electrons. The molecule has 6 nitrogen and oxygen atoms in total. The molecule has 0 saturated carbocycles. The first kappa shape index (κ1) is 18.4. The molecule has 1 unspecified atom stereocenters. The number of aryl methyl sites for hydroxylation is 1. The molecule has 1 aromatic carbocycles. The zero-order valence-corrected chi connectivity index (χ0v) is 13.9. The summed E-state index contributed by atoms with van der Waals surface area (Å²) in [5, 5.41) is 11.2. The number of piperidine rings is 1. The normalized spacial score (nSPS) is 20.2. The Morgan fingerprint density at radius 1 is 1.45 bits per heavy atom. The van der Waals surface area contributed by atoms with Gasteiger partial charge in [0.15, 0.2) is 0 Å². The molecule has 2 N–H and O–H groups in total. The highest BCUT2D eigenvalue weighted by Crippen LogP contribution is 2.31. The van der Waals surface area contributed by atoms with Crippen molar-refractivity contribution in [1.82, 2.24) is 4.90 Å². The number of rotatable bonds is 2. The summed E-state index contributed by atoms with van der Waals surface area (Å²) in [5.41, 5.74) is 6.57. The van der Waals surface area contributed by atoms with E-state index in [9.17, 15) is 14.9 Å². The molecule has 2 rings (SSSR count). The lowest BCUT2D eigenvalue weighted by Crippen LogP contribution is -2.54. The zero-order chi connectivity index (χ0) is 15.8. The molecular formula is C15H22ClN3O3. The number of amides is 1. The van der Waals surface area contributed by atoms with Gasteiger partial charge in [0, 0.05) is 25.2 Å². The van der Waals surface area contributed by atoms with E-state index in [1.807, 2.05) is 13.8 Å². The maximum atomic E-state index is 12.7. The minimum Gasteiger partial charge on any atom is -0.338 e. The van der Waals surface area contributed by atoms with Gasteiger partial charge in [0.25, 0.3) is 11.6 Å². The minimum absolute atomic E-state index is 0. The number of hydrogen-bond donors (Lipinski definition) is 1. The van der Waals surface area contributed by atoms with E-state index in [-0.39, 0.29) is 41.0 Å². The molecule has 1 heterocycles. The number of nitro benzene ring substituents is 1. The summed E-state index contributed by atoms with van der Waals surface area (Å²) < 4.78 is 0. The van der Waals surface area contributed by atoms with E-state index in [0.29, 0.717) is 25.1 Å². The first-order chi connectivity index (χ1) is 9.74. The second-order valence-corrected chi connectivity index (χ2v) is 6.34. The topological polar surface area (TPSA) is 89.5 Å². The number of nitrogens with zero attached hydrogens (tertiary/aromatic N) is 2. The number of carbonyl (C=O) groups is 1. The Bertz CT molecular complexity index is 589. The smallest absolute Gasteiger partial charge is 0.282 e. The van der Waals surface area contributed by atoms with Gasteiger partial charge in [0.05, 0.1) is 4.92 Å². The maximum absolute atomic E-state index is 12.7. The largest absolute Gasteiger partial charge is 0.338 e. The van der Waals surface area contributed by atoms with Crippen molar-refractivity contribution in [2.75, 3.05) is 13.1 Å². The van der Waals surface area contributed by atoms with Crippen LogP contribution >= 0.6 is 12.4 Å². The van der Waals surface area contributed by atoms with Crippen molar-refractivity contribution in [1.29, 1.82) is 0 Å². The van der Waals surface area contributed by atoms with E-state index >= 15 is 0 Å². The van der Waals surface area contributed by atoms with Gasteiger partial charge in [-0.25, -0.2) is 0 Å². The number of benzene rings is 1. The van der Waals surface area contributed by atoms with Crippen molar-refractivity contribution in [3.8, 4) is 0 Å². The molecule has 0 spiro atoms. The molecule has 0 aliphatic carbocycles. The average molecular weight is 328 g/mol. The van der Waals surface area contributed by atoms with Crippen molar-refractivity contribution < 1.29 is 9.72 Å². The van der Waals surface area contributed by atoms with E-state index < -0.39 is 4.92 Å². The summed E-state index contributed by atoms with van der Waals surface area (Å²) in [6.07, 6.45) is 0.707. The van der Waals surface area contributed by atoms with Crippen LogP contribution in [0.5, 0.6) is 0 Å². The molecule has 1 aliphatic heterocycles. The van der Waals surface area contributed by atoms with Gasteiger partial charge in [-0.05, 0) is 24.3 Å². The SMILES string of the molecule is Cc1cccc([N+](=O)[O-])c1C(=O)N1CCC(N)C(C)(C)C1.Cl. The Morgan fingerprint density at radius 2 is 2.09 bits per heavy atom. The predicted octanol–water partition coefficient (Wildman–Crippen LogP) is 2.52. The van der Waals surface area contributed by atoms with E-state index in [4.69, 9.17) is 5.73 Å². The summed E-state index contributed by atoms with van der Waals surface area (Å²) in [6, 6.07) is 4.73. The second-order valence-electron chi connectivity index (χ2n) is 6.34. The number of nitrogens with two attached hydrogens (primary N) is 1. The third-order valence-corrected chi connectivity index (χ3v) is 4.26. The maximum Gasteiger partial charge on any atom is 0.282 e. The first-order valence-electron chi connectivity index (χ1n) is 7.03. The average Bonchev–Trinajstić information content (AvgIpc) is 2.40. The highest BCUT2D eigenvalue weighted by molar-refractivity contribution is 5.99. The van der Waals surface area contributed by atoms with E-state index in [1.165, 1.54) is 6.07 Å². The molecule has 1 amide bonds. The minimum atomic E-state index is -0.499. The van der Waals surface area contributed by atoms with Crippen LogP contribution in [0.1, 0.15) is 36.2 Å². The third kappa shape index (κ3) is 3.39. The summed E-state index contributed by atoms with van der Waals surface area (Å²) >= 11 is 0. The quantitative estimate of drug-likeness (QED) is 0.667. The lowest BCUT2D eigenvalue weighted by atomic mass is 9.79. The molecule has 0 radical (unpaired) electrons. The number of likely N-dealkylation sites (tertiary alicyclic amines) is 1. The standard InChI is InChI=1S/C15H21N3O3.ClH/c1-10-5-4-6-11(18(20)21)13(10)14(19)17-8-7-12(16)15(2,3)9-17;/h4-6,12H,7-9,16H2,1-3H3;1H. The van der Waals surface area contributed by atoms with Crippen LogP contribution in [-0.4, -0.2) is 34.9 Å². The monoisotopic (exact) mass is 327 g/mol. The van der Waals surface area contributed by atoms with Crippen molar-refractivity contribution in [3.05, 3.63) is 39.4 Å². The van der Waals surface area contributed by atoms with Crippen molar-refractivity contribution >= 4 is 24.0 Å². The number of halogens is 1. The van der Waals surface area contributed by atoms with Gasteiger partial charge in [-0.15, -0.1) is 12.4 Å². The van der Waals surface area contributed by atoms with Gasteiger partial charge in [0.2, 0.25) is 0 Å². The molecule has 7 heteroatoms. The Balaban J connectivity index is 0.00000242. The third-order valence-electron chi connectivity index (χ3n) is 4.26.